The molecule has 0 amide bonds. The van der Waals surface area contributed by atoms with E-state index in [9.17, 15) is 0 Å². The Hall–Kier alpha value is -1.69. The molecule has 140 valence electrons. The number of ether oxygens (including phenoxy) is 1. The van der Waals surface area contributed by atoms with E-state index < -0.39 is 0 Å². The number of aromatic amines is 1. The van der Waals surface area contributed by atoms with Crippen LogP contribution in [0.15, 0.2) is 42.6 Å². The zero-order chi connectivity index (χ0) is 17.6. The molecule has 5 heteroatoms. The Morgan fingerprint density at radius 2 is 1.88 bits per heavy atom. The van der Waals surface area contributed by atoms with Crippen molar-refractivity contribution in [3.05, 3.63) is 53.9 Å². The summed E-state index contributed by atoms with van der Waals surface area (Å²) in [4.78, 5) is 5.15. The minimum atomic E-state index is 0.324. The third kappa shape index (κ3) is 4.72. The lowest BCUT2D eigenvalue weighted by Gasteiger charge is -2.34. The number of aromatic nitrogens is 2. The van der Waals surface area contributed by atoms with Gasteiger partial charge in [0.05, 0.1) is 6.10 Å². The fourth-order valence-corrected chi connectivity index (χ4v) is 4.27. The lowest BCUT2D eigenvalue weighted by molar-refractivity contribution is 0.0202. The van der Waals surface area contributed by atoms with Gasteiger partial charge in [0.25, 0.3) is 0 Å². The summed E-state index contributed by atoms with van der Waals surface area (Å²) in [6.07, 6.45) is 5.74. The maximum atomic E-state index is 6.17. The molecular weight excluding hydrogens is 324 g/mol. The van der Waals surface area contributed by atoms with Gasteiger partial charge in [-0.25, -0.2) is 0 Å². The van der Waals surface area contributed by atoms with Gasteiger partial charge < -0.3 is 9.64 Å². The van der Waals surface area contributed by atoms with Gasteiger partial charge in [-0.3, -0.25) is 10.00 Å². The van der Waals surface area contributed by atoms with E-state index in [0.717, 1.165) is 52.3 Å². The van der Waals surface area contributed by atoms with Crippen molar-refractivity contribution in [3.63, 3.8) is 0 Å². The van der Waals surface area contributed by atoms with Crippen molar-refractivity contribution < 1.29 is 4.74 Å². The maximum Gasteiger partial charge on any atom is 0.0828 e. The smallest absolute Gasteiger partial charge is 0.0828 e. The molecule has 0 saturated carbocycles. The van der Waals surface area contributed by atoms with Crippen molar-refractivity contribution in [1.82, 2.24) is 20.0 Å². The zero-order valence-electron chi connectivity index (χ0n) is 15.5. The standard InChI is InChI=1S/C21H30N4O/c1-2-5-18(6-3-1)15-25-11-4-14-26-20(17-25)16-24-12-8-19(9-13-24)21-7-10-22-23-21/h1-3,5-7,10,19-20H,4,8-9,11-17H2,(H,22,23)/t20-/m0/s1. The second-order valence-electron chi connectivity index (χ2n) is 7.65. The molecule has 2 aliphatic rings. The summed E-state index contributed by atoms with van der Waals surface area (Å²) < 4.78 is 6.17. The van der Waals surface area contributed by atoms with Crippen molar-refractivity contribution in [1.29, 1.82) is 0 Å². The van der Waals surface area contributed by atoms with Gasteiger partial charge in [-0.1, -0.05) is 30.3 Å². The number of piperidine rings is 1. The van der Waals surface area contributed by atoms with E-state index >= 15 is 0 Å². The summed E-state index contributed by atoms with van der Waals surface area (Å²) in [5, 5.41) is 7.24. The number of nitrogens with one attached hydrogen (secondary N) is 1. The lowest BCUT2D eigenvalue weighted by atomic mass is 9.93. The van der Waals surface area contributed by atoms with Crippen molar-refractivity contribution in [2.45, 2.75) is 37.8 Å². The number of rotatable bonds is 5. The average molecular weight is 354 g/mol. The molecule has 2 saturated heterocycles. The molecular formula is C21H30N4O. The SMILES string of the molecule is c1ccc(CN2CCCO[C@@H](CN3CCC(c4ccn[nH]4)CC3)C2)cc1. The van der Waals surface area contributed by atoms with Crippen molar-refractivity contribution >= 4 is 0 Å². The molecule has 1 aromatic carbocycles. The molecule has 2 aromatic rings. The summed E-state index contributed by atoms with van der Waals surface area (Å²) >= 11 is 0. The molecule has 0 unspecified atom stereocenters. The minimum absolute atomic E-state index is 0.324. The second-order valence-corrected chi connectivity index (χ2v) is 7.65. The molecule has 4 rings (SSSR count). The molecule has 0 bridgehead atoms. The first-order valence-electron chi connectivity index (χ1n) is 9.96. The monoisotopic (exact) mass is 354 g/mol. The van der Waals surface area contributed by atoms with Gasteiger partial charge in [0, 0.05) is 50.6 Å². The summed E-state index contributed by atoms with van der Waals surface area (Å²) in [6, 6.07) is 12.9. The van der Waals surface area contributed by atoms with E-state index in [1.165, 1.54) is 24.1 Å². The average Bonchev–Trinajstić information content (AvgIpc) is 3.12. The predicted octanol–water partition coefficient (Wildman–Crippen LogP) is 2.88. The molecule has 26 heavy (non-hydrogen) atoms. The van der Waals surface area contributed by atoms with Crippen LogP contribution in [0.3, 0.4) is 0 Å². The van der Waals surface area contributed by atoms with Crippen LogP contribution in [-0.4, -0.2) is 65.4 Å². The van der Waals surface area contributed by atoms with E-state index in [1.807, 2.05) is 6.20 Å². The summed E-state index contributed by atoms with van der Waals surface area (Å²) in [5.74, 6) is 0.637. The first-order valence-corrected chi connectivity index (χ1v) is 9.96. The molecule has 0 radical (unpaired) electrons. The van der Waals surface area contributed by atoms with E-state index in [0.29, 0.717) is 12.0 Å². The molecule has 5 nitrogen and oxygen atoms in total. The van der Waals surface area contributed by atoms with Crippen LogP contribution >= 0.6 is 0 Å². The third-order valence-electron chi connectivity index (χ3n) is 5.69. The van der Waals surface area contributed by atoms with Gasteiger partial charge >= 0.3 is 0 Å². The highest BCUT2D eigenvalue weighted by atomic mass is 16.5. The molecule has 1 N–H and O–H groups in total. The normalized spacial score (nSPS) is 23.8. The molecule has 0 spiro atoms. The van der Waals surface area contributed by atoms with Crippen molar-refractivity contribution in [3.8, 4) is 0 Å². The molecule has 2 fully saturated rings. The third-order valence-corrected chi connectivity index (χ3v) is 5.69. The van der Waals surface area contributed by atoms with Gasteiger partial charge in [-0.2, -0.15) is 5.10 Å². The van der Waals surface area contributed by atoms with Crippen LogP contribution in [0.5, 0.6) is 0 Å². The molecule has 3 heterocycles. The molecule has 0 aliphatic carbocycles. The van der Waals surface area contributed by atoms with E-state index in [2.05, 4.69) is 56.4 Å². The largest absolute Gasteiger partial charge is 0.376 e. The Balaban J connectivity index is 1.27. The predicted molar refractivity (Wildman–Crippen MR) is 103 cm³/mol. The minimum Gasteiger partial charge on any atom is -0.376 e. The van der Waals surface area contributed by atoms with E-state index in [-0.39, 0.29) is 0 Å². The van der Waals surface area contributed by atoms with Gasteiger partial charge in [-0.05, 0) is 44.0 Å². The van der Waals surface area contributed by atoms with Crippen LogP contribution in [0, 0.1) is 0 Å². The Kier molecular flexibility index (Phi) is 5.99. The zero-order valence-corrected chi connectivity index (χ0v) is 15.5. The first-order chi connectivity index (χ1) is 12.9. The summed E-state index contributed by atoms with van der Waals surface area (Å²) in [6.45, 7) is 7.46. The van der Waals surface area contributed by atoms with Crippen LogP contribution in [0.2, 0.25) is 0 Å². The topological polar surface area (TPSA) is 44.4 Å². The highest BCUT2D eigenvalue weighted by Gasteiger charge is 2.25. The Labute approximate surface area is 156 Å². The number of likely N-dealkylation sites (tertiary alicyclic amines) is 1. The van der Waals surface area contributed by atoms with Crippen molar-refractivity contribution in [2.24, 2.45) is 0 Å². The van der Waals surface area contributed by atoms with Crippen molar-refractivity contribution in [2.75, 3.05) is 39.3 Å². The highest BCUT2D eigenvalue weighted by Crippen LogP contribution is 2.26. The molecule has 1 aromatic heterocycles. The maximum absolute atomic E-state index is 6.17. The Morgan fingerprint density at radius 3 is 2.65 bits per heavy atom. The lowest BCUT2D eigenvalue weighted by Crippen LogP contribution is -2.43. The quantitative estimate of drug-likeness (QED) is 0.897. The van der Waals surface area contributed by atoms with Gasteiger partial charge in [0.2, 0.25) is 0 Å². The van der Waals surface area contributed by atoms with Gasteiger partial charge in [0.15, 0.2) is 0 Å². The van der Waals surface area contributed by atoms with E-state index in [4.69, 9.17) is 4.74 Å². The fraction of sp³-hybridized carbons (Fsp3) is 0.571. The Morgan fingerprint density at radius 1 is 1.04 bits per heavy atom. The number of nitrogens with zero attached hydrogens (tertiary/aromatic N) is 3. The van der Waals surface area contributed by atoms with E-state index in [1.54, 1.807) is 0 Å². The molecule has 1 atom stereocenters. The van der Waals surface area contributed by atoms with Gasteiger partial charge in [0.1, 0.15) is 0 Å². The van der Waals surface area contributed by atoms with Crippen LogP contribution in [0.25, 0.3) is 0 Å². The van der Waals surface area contributed by atoms with Crippen LogP contribution < -0.4 is 0 Å². The number of hydrogen-bond donors (Lipinski definition) is 1. The fourth-order valence-electron chi connectivity index (χ4n) is 4.27. The first kappa shape index (κ1) is 17.7. The van der Waals surface area contributed by atoms with Gasteiger partial charge in [-0.15, -0.1) is 0 Å². The van der Waals surface area contributed by atoms with Crippen LogP contribution in [0.1, 0.15) is 36.4 Å². The van der Waals surface area contributed by atoms with Crippen LogP contribution in [-0.2, 0) is 11.3 Å². The summed E-state index contributed by atoms with van der Waals surface area (Å²) in [5.41, 5.74) is 2.69. The van der Waals surface area contributed by atoms with Crippen LogP contribution in [0.4, 0.5) is 0 Å². The highest BCUT2D eigenvalue weighted by molar-refractivity contribution is 5.14. The second kappa shape index (κ2) is 8.80. The number of benzene rings is 1. The number of hydrogen-bond acceptors (Lipinski definition) is 4. The molecule has 2 aliphatic heterocycles. The number of H-pyrrole nitrogens is 1. The summed E-state index contributed by atoms with van der Waals surface area (Å²) in [7, 11) is 0. The Bertz CT molecular complexity index is 637.